The van der Waals surface area contributed by atoms with E-state index in [0.29, 0.717) is 0 Å². The lowest BCUT2D eigenvalue weighted by Gasteiger charge is -2.34. The smallest absolute Gasteiger partial charge is 0.173 e. The second kappa shape index (κ2) is 6.25. The SMILES string of the molecule is COC1CCCN(c2cccc(Br)c2/C(N)=N/O)C1. The zero-order chi connectivity index (χ0) is 13.8. The molecule has 1 aliphatic rings. The van der Waals surface area contributed by atoms with Crippen molar-refractivity contribution in [1.29, 1.82) is 0 Å². The third-order valence-electron chi connectivity index (χ3n) is 3.41. The summed E-state index contributed by atoms with van der Waals surface area (Å²) >= 11 is 3.46. The summed E-state index contributed by atoms with van der Waals surface area (Å²) in [7, 11) is 1.74. The summed E-state index contributed by atoms with van der Waals surface area (Å²) < 4.78 is 6.25. The van der Waals surface area contributed by atoms with Crippen molar-refractivity contribution in [3.05, 3.63) is 28.2 Å². The van der Waals surface area contributed by atoms with Gasteiger partial charge in [-0.2, -0.15) is 0 Å². The molecule has 1 heterocycles. The molecule has 1 atom stereocenters. The minimum Gasteiger partial charge on any atom is -0.409 e. The van der Waals surface area contributed by atoms with E-state index in [1.54, 1.807) is 7.11 Å². The first kappa shape index (κ1) is 14.1. The summed E-state index contributed by atoms with van der Waals surface area (Å²) in [5.41, 5.74) is 7.47. The molecule has 0 aromatic heterocycles. The Morgan fingerprint density at radius 1 is 1.58 bits per heavy atom. The number of anilines is 1. The van der Waals surface area contributed by atoms with E-state index in [2.05, 4.69) is 26.0 Å². The van der Waals surface area contributed by atoms with Crippen LogP contribution in [0.15, 0.2) is 27.8 Å². The molecule has 1 aromatic carbocycles. The first-order valence-corrected chi connectivity index (χ1v) is 7.00. The first-order chi connectivity index (χ1) is 9.17. The summed E-state index contributed by atoms with van der Waals surface area (Å²) in [4.78, 5) is 2.22. The van der Waals surface area contributed by atoms with E-state index in [9.17, 15) is 0 Å². The fraction of sp³-hybridized carbons (Fsp3) is 0.462. The number of halogens is 1. The minimum atomic E-state index is 0.113. The van der Waals surface area contributed by atoms with Crippen molar-refractivity contribution in [2.75, 3.05) is 25.1 Å². The lowest BCUT2D eigenvalue weighted by molar-refractivity contribution is 0.0893. The first-order valence-electron chi connectivity index (χ1n) is 6.21. The number of piperidine rings is 1. The molecular weight excluding hydrogens is 310 g/mol. The minimum absolute atomic E-state index is 0.113. The standard InChI is InChI=1S/C13H18BrN3O2/c1-19-9-4-3-7-17(8-9)11-6-2-5-10(14)12(11)13(15)16-18/h2,5-6,9,18H,3-4,7-8H2,1H3,(H2,15,16). The Bertz CT molecular complexity index is 479. The van der Waals surface area contributed by atoms with Gasteiger partial charge in [0.25, 0.3) is 0 Å². The predicted octanol–water partition coefficient (Wildman–Crippen LogP) is 2.16. The molecule has 1 aromatic rings. The lowest BCUT2D eigenvalue weighted by atomic mass is 10.0. The van der Waals surface area contributed by atoms with Gasteiger partial charge < -0.3 is 20.6 Å². The Morgan fingerprint density at radius 3 is 3.05 bits per heavy atom. The van der Waals surface area contributed by atoms with E-state index in [0.717, 1.165) is 41.7 Å². The molecule has 2 rings (SSSR count). The summed E-state index contributed by atoms with van der Waals surface area (Å²) in [5, 5.41) is 12.1. The Labute approximate surface area is 121 Å². The van der Waals surface area contributed by atoms with Crippen LogP contribution in [0.5, 0.6) is 0 Å². The number of rotatable bonds is 3. The average Bonchev–Trinajstić information content (AvgIpc) is 2.46. The topological polar surface area (TPSA) is 71.1 Å². The summed E-state index contributed by atoms with van der Waals surface area (Å²) in [6.45, 7) is 1.76. The van der Waals surface area contributed by atoms with E-state index in [-0.39, 0.29) is 11.9 Å². The Balaban J connectivity index is 2.36. The molecule has 0 spiro atoms. The molecule has 3 N–H and O–H groups in total. The van der Waals surface area contributed by atoms with Crippen molar-refractivity contribution in [1.82, 2.24) is 0 Å². The maximum absolute atomic E-state index is 8.93. The molecule has 6 heteroatoms. The molecule has 1 unspecified atom stereocenters. The largest absolute Gasteiger partial charge is 0.409 e. The highest BCUT2D eigenvalue weighted by molar-refractivity contribution is 9.10. The number of oxime groups is 1. The van der Waals surface area contributed by atoms with Crippen LogP contribution in [0.2, 0.25) is 0 Å². The highest BCUT2D eigenvalue weighted by Crippen LogP contribution is 2.30. The Kier molecular flexibility index (Phi) is 4.66. The maximum atomic E-state index is 8.93. The van der Waals surface area contributed by atoms with E-state index < -0.39 is 0 Å². The molecule has 19 heavy (non-hydrogen) atoms. The van der Waals surface area contributed by atoms with E-state index >= 15 is 0 Å². The van der Waals surface area contributed by atoms with Crippen molar-refractivity contribution in [2.24, 2.45) is 10.9 Å². The van der Waals surface area contributed by atoms with Crippen molar-refractivity contribution in [3.8, 4) is 0 Å². The fourth-order valence-corrected chi connectivity index (χ4v) is 2.99. The zero-order valence-corrected chi connectivity index (χ0v) is 12.4. The highest BCUT2D eigenvalue weighted by Gasteiger charge is 2.23. The van der Waals surface area contributed by atoms with Crippen LogP contribution < -0.4 is 10.6 Å². The lowest BCUT2D eigenvalue weighted by Crippen LogP contribution is -2.40. The van der Waals surface area contributed by atoms with Gasteiger partial charge in [-0.15, -0.1) is 0 Å². The second-order valence-electron chi connectivity index (χ2n) is 4.57. The summed E-state index contributed by atoms with van der Waals surface area (Å²) in [5.74, 6) is 0.113. The fourth-order valence-electron chi connectivity index (χ4n) is 2.43. The van der Waals surface area contributed by atoms with Gasteiger partial charge in [0.15, 0.2) is 5.84 Å². The van der Waals surface area contributed by atoms with E-state index in [1.807, 2.05) is 18.2 Å². The predicted molar refractivity (Wildman–Crippen MR) is 78.9 cm³/mol. The highest BCUT2D eigenvalue weighted by atomic mass is 79.9. The van der Waals surface area contributed by atoms with Gasteiger partial charge in [0.2, 0.25) is 0 Å². The number of methoxy groups -OCH3 is 1. The number of hydrogen-bond donors (Lipinski definition) is 2. The van der Waals surface area contributed by atoms with Gasteiger partial charge in [-0.1, -0.05) is 11.2 Å². The molecule has 0 amide bonds. The molecule has 5 nitrogen and oxygen atoms in total. The number of nitrogens with zero attached hydrogens (tertiary/aromatic N) is 2. The van der Waals surface area contributed by atoms with Crippen LogP contribution in [0, 0.1) is 0 Å². The third kappa shape index (κ3) is 3.01. The molecule has 0 saturated carbocycles. The zero-order valence-electron chi connectivity index (χ0n) is 10.8. The molecule has 1 fully saturated rings. The third-order valence-corrected chi connectivity index (χ3v) is 4.07. The summed E-state index contributed by atoms with van der Waals surface area (Å²) in [6.07, 6.45) is 2.37. The van der Waals surface area contributed by atoms with Gasteiger partial charge in [-0.05, 0) is 40.9 Å². The van der Waals surface area contributed by atoms with E-state index in [1.165, 1.54) is 0 Å². The van der Waals surface area contributed by atoms with Crippen LogP contribution in [0.3, 0.4) is 0 Å². The van der Waals surface area contributed by atoms with Crippen LogP contribution in [0.1, 0.15) is 18.4 Å². The molecule has 1 aliphatic heterocycles. The Morgan fingerprint density at radius 2 is 2.37 bits per heavy atom. The molecule has 0 aliphatic carbocycles. The number of benzene rings is 1. The monoisotopic (exact) mass is 327 g/mol. The van der Waals surface area contributed by atoms with Crippen LogP contribution in [-0.4, -0.2) is 37.3 Å². The quantitative estimate of drug-likeness (QED) is 0.386. The molecule has 0 bridgehead atoms. The van der Waals surface area contributed by atoms with Crippen molar-refractivity contribution in [3.63, 3.8) is 0 Å². The van der Waals surface area contributed by atoms with Gasteiger partial charge in [0, 0.05) is 30.4 Å². The number of amidine groups is 1. The van der Waals surface area contributed by atoms with Crippen molar-refractivity contribution < 1.29 is 9.94 Å². The van der Waals surface area contributed by atoms with E-state index in [4.69, 9.17) is 15.7 Å². The van der Waals surface area contributed by atoms with Gasteiger partial charge >= 0.3 is 0 Å². The number of ether oxygens (including phenoxy) is 1. The average molecular weight is 328 g/mol. The normalized spacial score (nSPS) is 20.6. The van der Waals surface area contributed by atoms with Gasteiger partial charge in [-0.3, -0.25) is 0 Å². The van der Waals surface area contributed by atoms with Gasteiger partial charge in [-0.25, -0.2) is 0 Å². The van der Waals surface area contributed by atoms with Crippen molar-refractivity contribution in [2.45, 2.75) is 18.9 Å². The van der Waals surface area contributed by atoms with Crippen LogP contribution >= 0.6 is 15.9 Å². The Hall–Kier alpha value is -1.27. The molecular formula is C13H18BrN3O2. The van der Waals surface area contributed by atoms with Crippen LogP contribution in [-0.2, 0) is 4.74 Å². The van der Waals surface area contributed by atoms with Crippen LogP contribution in [0.4, 0.5) is 5.69 Å². The van der Waals surface area contributed by atoms with Crippen LogP contribution in [0.25, 0.3) is 0 Å². The number of nitrogens with two attached hydrogens (primary N) is 1. The molecule has 104 valence electrons. The second-order valence-corrected chi connectivity index (χ2v) is 5.42. The maximum Gasteiger partial charge on any atom is 0.173 e. The number of hydrogen-bond acceptors (Lipinski definition) is 4. The summed E-state index contributed by atoms with van der Waals surface area (Å²) in [6, 6.07) is 5.81. The van der Waals surface area contributed by atoms with Gasteiger partial charge in [0.1, 0.15) is 0 Å². The van der Waals surface area contributed by atoms with Gasteiger partial charge in [0.05, 0.1) is 11.7 Å². The molecule has 0 radical (unpaired) electrons. The molecule has 1 saturated heterocycles. The van der Waals surface area contributed by atoms with Crippen molar-refractivity contribution >= 4 is 27.5 Å².